The molecule has 2 aromatic carbocycles. The predicted molar refractivity (Wildman–Crippen MR) is 71.8 cm³/mol. The lowest BCUT2D eigenvalue weighted by molar-refractivity contribution is 0.621. The van der Waals surface area contributed by atoms with Gasteiger partial charge in [0.1, 0.15) is 11.5 Å². The highest BCUT2D eigenvalue weighted by atomic mass is 32.1. The van der Waals surface area contributed by atoms with Crippen LogP contribution in [-0.2, 0) is 0 Å². The van der Waals surface area contributed by atoms with Gasteiger partial charge in [-0.3, -0.25) is 4.79 Å². The number of hydrogen-bond acceptors (Lipinski definition) is 3. The van der Waals surface area contributed by atoms with Gasteiger partial charge in [0.2, 0.25) is 0 Å². The standard InChI is InChI=1S/C13H9FN2OS/c14-9-5-3-6-10(15)12(9)16-13(17)8-4-1-2-7-11(8)18-16/h1-7H,15H2. The smallest absolute Gasteiger partial charge is 0.273 e. The number of benzene rings is 2. The molecule has 90 valence electrons. The number of halogens is 1. The third-order valence-electron chi connectivity index (χ3n) is 2.71. The van der Waals surface area contributed by atoms with Crippen molar-refractivity contribution in [3.05, 3.63) is 58.6 Å². The summed E-state index contributed by atoms with van der Waals surface area (Å²) in [6.07, 6.45) is 0. The van der Waals surface area contributed by atoms with Crippen LogP contribution in [0, 0.1) is 5.82 Å². The molecule has 0 aliphatic carbocycles. The van der Waals surface area contributed by atoms with Crippen LogP contribution in [0.15, 0.2) is 47.3 Å². The van der Waals surface area contributed by atoms with Gasteiger partial charge in [0.05, 0.1) is 15.8 Å². The van der Waals surface area contributed by atoms with Crippen LogP contribution in [0.5, 0.6) is 0 Å². The zero-order chi connectivity index (χ0) is 12.7. The van der Waals surface area contributed by atoms with Crippen molar-refractivity contribution in [2.24, 2.45) is 0 Å². The van der Waals surface area contributed by atoms with E-state index in [2.05, 4.69) is 0 Å². The summed E-state index contributed by atoms with van der Waals surface area (Å²) in [4.78, 5) is 12.2. The van der Waals surface area contributed by atoms with Crippen LogP contribution in [0.3, 0.4) is 0 Å². The molecular formula is C13H9FN2OS. The molecule has 0 unspecified atom stereocenters. The molecule has 3 nitrogen and oxygen atoms in total. The first-order chi connectivity index (χ1) is 8.68. The van der Waals surface area contributed by atoms with Gasteiger partial charge < -0.3 is 5.73 Å². The van der Waals surface area contributed by atoms with Crippen molar-refractivity contribution in [2.45, 2.75) is 0 Å². The van der Waals surface area contributed by atoms with Crippen LogP contribution in [0.2, 0.25) is 0 Å². The number of nitrogens with two attached hydrogens (primary N) is 1. The van der Waals surface area contributed by atoms with Crippen molar-refractivity contribution in [2.75, 3.05) is 5.73 Å². The van der Waals surface area contributed by atoms with E-state index in [4.69, 9.17) is 5.73 Å². The van der Waals surface area contributed by atoms with Crippen molar-refractivity contribution in [3.63, 3.8) is 0 Å². The van der Waals surface area contributed by atoms with E-state index in [0.717, 1.165) is 4.70 Å². The molecule has 1 heterocycles. The van der Waals surface area contributed by atoms with Crippen LogP contribution < -0.4 is 11.3 Å². The highest BCUT2D eigenvalue weighted by Crippen LogP contribution is 2.25. The molecule has 1 aromatic heterocycles. The SMILES string of the molecule is Nc1cccc(F)c1-n1sc2ccccc2c1=O. The summed E-state index contributed by atoms with van der Waals surface area (Å²) in [6.45, 7) is 0. The van der Waals surface area contributed by atoms with E-state index in [1.165, 1.54) is 27.6 Å². The van der Waals surface area contributed by atoms with Crippen LogP contribution in [0.1, 0.15) is 0 Å². The molecule has 3 rings (SSSR count). The lowest BCUT2D eigenvalue weighted by Crippen LogP contribution is -2.13. The van der Waals surface area contributed by atoms with Gasteiger partial charge in [0, 0.05) is 0 Å². The van der Waals surface area contributed by atoms with Gasteiger partial charge in [0.25, 0.3) is 5.56 Å². The van der Waals surface area contributed by atoms with Gasteiger partial charge in [0.15, 0.2) is 0 Å². The van der Waals surface area contributed by atoms with E-state index < -0.39 is 5.82 Å². The molecule has 18 heavy (non-hydrogen) atoms. The summed E-state index contributed by atoms with van der Waals surface area (Å²) < 4.78 is 15.9. The highest BCUT2D eigenvalue weighted by molar-refractivity contribution is 7.14. The molecule has 0 aliphatic heterocycles. The maximum Gasteiger partial charge on any atom is 0.273 e. The summed E-state index contributed by atoms with van der Waals surface area (Å²) in [7, 11) is 0. The summed E-state index contributed by atoms with van der Waals surface area (Å²) in [6, 6.07) is 11.6. The van der Waals surface area contributed by atoms with Crippen LogP contribution in [0.4, 0.5) is 10.1 Å². The molecule has 0 fully saturated rings. The normalized spacial score (nSPS) is 10.9. The zero-order valence-corrected chi connectivity index (χ0v) is 10.1. The Morgan fingerprint density at radius 2 is 1.89 bits per heavy atom. The second-order valence-electron chi connectivity index (χ2n) is 3.86. The van der Waals surface area contributed by atoms with Crippen molar-refractivity contribution < 1.29 is 4.39 Å². The third-order valence-corrected chi connectivity index (χ3v) is 3.80. The maximum absolute atomic E-state index is 13.8. The van der Waals surface area contributed by atoms with Crippen LogP contribution in [0.25, 0.3) is 15.8 Å². The second-order valence-corrected chi connectivity index (χ2v) is 4.85. The Kier molecular flexibility index (Phi) is 2.41. The van der Waals surface area contributed by atoms with E-state index in [0.29, 0.717) is 5.39 Å². The van der Waals surface area contributed by atoms with Gasteiger partial charge in [-0.25, -0.2) is 8.35 Å². The van der Waals surface area contributed by atoms with E-state index in [1.807, 2.05) is 12.1 Å². The average Bonchev–Trinajstić information content (AvgIpc) is 2.68. The topological polar surface area (TPSA) is 48.0 Å². The molecule has 2 N–H and O–H groups in total. The molecule has 0 aliphatic rings. The quantitative estimate of drug-likeness (QED) is 0.684. The Hall–Kier alpha value is -2.14. The molecule has 0 saturated heterocycles. The summed E-state index contributed by atoms with van der Waals surface area (Å²) in [5, 5.41) is 0.574. The van der Waals surface area contributed by atoms with Crippen molar-refractivity contribution in [1.82, 2.24) is 3.96 Å². The first kappa shape index (κ1) is 11.0. The van der Waals surface area contributed by atoms with E-state index >= 15 is 0 Å². The number of rotatable bonds is 1. The number of hydrogen-bond donors (Lipinski definition) is 1. The largest absolute Gasteiger partial charge is 0.397 e. The molecule has 5 heteroatoms. The predicted octanol–water partition coefficient (Wildman–Crippen LogP) is 2.77. The molecule has 0 spiro atoms. The minimum atomic E-state index is -0.497. The van der Waals surface area contributed by atoms with E-state index in [9.17, 15) is 9.18 Å². The number of fused-ring (bicyclic) bond motifs is 1. The summed E-state index contributed by atoms with van der Waals surface area (Å²) in [5.41, 5.74) is 5.89. The Bertz CT molecular complexity index is 771. The fraction of sp³-hybridized carbons (Fsp3) is 0. The van der Waals surface area contributed by atoms with Crippen LogP contribution in [-0.4, -0.2) is 3.96 Å². The first-order valence-electron chi connectivity index (χ1n) is 5.34. The Labute approximate surface area is 106 Å². The lowest BCUT2D eigenvalue weighted by Gasteiger charge is -2.05. The lowest BCUT2D eigenvalue weighted by atomic mass is 10.2. The van der Waals surface area contributed by atoms with Crippen molar-refractivity contribution in [1.29, 1.82) is 0 Å². The fourth-order valence-corrected chi connectivity index (χ4v) is 2.92. The van der Waals surface area contributed by atoms with Gasteiger partial charge in [-0.05, 0) is 24.3 Å². The van der Waals surface area contributed by atoms with E-state index in [1.54, 1.807) is 18.2 Å². The van der Waals surface area contributed by atoms with Crippen molar-refractivity contribution >= 4 is 27.3 Å². The fourth-order valence-electron chi connectivity index (χ4n) is 1.87. The minimum Gasteiger partial charge on any atom is -0.397 e. The molecule has 3 aromatic rings. The Balaban J connectivity index is 2.39. The van der Waals surface area contributed by atoms with Gasteiger partial charge in [-0.1, -0.05) is 29.7 Å². The third kappa shape index (κ3) is 1.52. The monoisotopic (exact) mass is 260 g/mol. The van der Waals surface area contributed by atoms with Gasteiger partial charge in [-0.2, -0.15) is 0 Å². The highest BCUT2D eigenvalue weighted by Gasteiger charge is 2.14. The van der Waals surface area contributed by atoms with Crippen molar-refractivity contribution in [3.8, 4) is 5.69 Å². The number of anilines is 1. The number of nitrogen functional groups attached to an aromatic ring is 1. The average molecular weight is 260 g/mol. The first-order valence-corrected chi connectivity index (χ1v) is 6.11. The minimum absolute atomic E-state index is 0.128. The molecule has 0 saturated carbocycles. The molecule has 0 amide bonds. The van der Waals surface area contributed by atoms with Crippen LogP contribution >= 0.6 is 11.5 Å². The number of para-hydroxylation sites is 1. The zero-order valence-electron chi connectivity index (χ0n) is 9.26. The number of nitrogens with zero attached hydrogens (tertiary/aromatic N) is 1. The maximum atomic E-state index is 13.8. The molecule has 0 bridgehead atoms. The van der Waals surface area contributed by atoms with Gasteiger partial charge in [-0.15, -0.1) is 0 Å². The summed E-state index contributed by atoms with van der Waals surface area (Å²) in [5.74, 6) is -0.497. The second kappa shape index (κ2) is 3.96. The van der Waals surface area contributed by atoms with Gasteiger partial charge >= 0.3 is 0 Å². The molecule has 0 atom stereocenters. The van der Waals surface area contributed by atoms with E-state index in [-0.39, 0.29) is 16.9 Å². The summed E-state index contributed by atoms with van der Waals surface area (Å²) >= 11 is 1.19. The Morgan fingerprint density at radius 1 is 1.11 bits per heavy atom. The number of aromatic nitrogens is 1. The molecular weight excluding hydrogens is 251 g/mol. The Morgan fingerprint density at radius 3 is 2.61 bits per heavy atom. The molecule has 0 radical (unpaired) electrons.